The molecule has 0 fully saturated rings. The fourth-order valence-corrected chi connectivity index (χ4v) is 6.46. The van der Waals surface area contributed by atoms with Crippen molar-refractivity contribution < 1.29 is 19.1 Å². The van der Waals surface area contributed by atoms with E-state index in [-0.39, 0.29) is 11.8 Å². The molecule has 2 heterocycles. The molecule has 0 aliphatic rings. The van der Waals surface area contributed by atoms with Gasteiger partial charge in [0, 0.05) is 16.0 Å². The fourth-order valence-electron chi connectivity index (χ4n) is 3.96. The first kappa shape index (κ1) is 27.4. The molecule has 3 aromatic carbocycles. The van der Waals surface area contributed by atoms with E-state index < -0.39 is 5.25 Å². The number of aromatic nitrogens is 1. The number of anilines is 2. The van der Waals surface area contributed by atoms with Gasteiger partial charge < -0.3 is 20.1 Å². The third kappa shape index (κ3) is 6.36. The van der Waals surface area contributed by atoms with Gasteiger partial charge in [-0.05, 0) is 53.4 Å². The number of benzene rings is 3. The highest BCUT2D eigenvalue weighted by Gasteiger charge is 2.24. The van der Waals surface area contributed by atoms with E-state index in [1.54, 1.807) is 41.7 Å². The van der Waals surface area contributed by atoms with Crippen molar-refractivity contribution in [3.8, 4) is 22.1 Å². The summed E-state index contributed by atoms with van der Waals surface area (Å²) in [7, 11) is 3.02. The highest BCUT2D eigenvalue weighted by atomic mass is 32.2. The summed E-state index contributed by atoms with van der Waals surface area (Å²) in [5, 5.41) is 9.88. The van der Waals surface area contributed by atoms with E-state index in [1.807, 2.05) is 65.4 Å². The number of carbonyl (C=O) groups excluding carboxylic acids is 2. The Morgan fingerprint density at radius 3 is 2.20 bits per heavy atom. The molecular formula is C30H25N3O4S3. The number of hydrogen-bond acceptors (Lipinski definition) is 8. The molecule has 5 rings (SSSR count). The molecule has 202 valence electrons. The lowest BCUT2D eigenvalue weighted by molar-refractivity contribution is -0.115. The zero-order valence-electron chi connectivity index (χ0n) is 21.6. The minimum Gasteiger partial charge on any atom is -0.496 e. The van der Waals surface area contributed by atoms with E-state index in [1.165, 1.54) is 37.3 Å². The van der Waals surface area contributed by atoms with Gasteiger partial charge in [0.1, 0.15) is 22.3 Å². The Hall–Kier alpha value is -4.12. The smallest absolute Gasteiger partial charge is 0.263 e. The number of thioether (sulfide) groups is 1. The minimum atomic E-state index is -0.506. The summed E-state index contributed by atoms with van der Waals surface area (Å²) < 4.78 is 10.7. The van der Waals surface area contributed by atoms with Gasteiger partial charge in [0.05, 0.1) is 24.8 Å². The molecule has 1 unspecified atom stereocenters. The molecular weight excluding hydrogens is 563 g/mol. The van der Waals surface area contributed by atoms with Crippen LogP contribution in [0, 0.1) is 0 Å². The monoisotopic (exact) mass is 587 g/mol. The van der Waals surface area contributed by atoms with Gasteiger partial charge in [-0.2, -0.15) is 0 Å². The van der Waals surface area contributed by atoms with E-state index in [0.717, 1.165) is 21.0 Å². The van der Waals surface area contributed by atoms with Crippen LogP contribution >= 0.6 is 34.4 Å². The Bertz CT molecular complexity index is 1560. The molecule has 0 aliphatic carbocycles. The van der Waals surface area contributed by atoms with Gasteiger partial charge in [-0.3, -0.25) is 9.59 Å². The van der Waals surface area contributed by atoms with Crippen molar-refractivity contribution in [2.24, 2.45) is 0 Å². The van der Waals surface area contributed by atoms with Gasteiger partial charge in [-0.1, -0.05) is 42.5 Å². The van der Waals surface area contributed by atoms with Crippen molar-refractivity contribution in [1.82, 2.24) is 4.98 Å². The van der Waals surface area contributed by atoms with Crippen LogP contribution in [0.1, 0.15) is 21.2 Å². The summed E-state index contributed by atoms with van der Waals surface area (Å²) >= 11 is 4.43. The highest BCUT2D eigenvalue weighted by Crippen LogP contribution is 2.38. The van der Waals surface area contributed by atoms with E-state index in [4.69, 9.17) is 9.47 Å². The number of ether oxygens (including phenoxy) is 2. The zero-order chi connectivity index (χ0) is 27.9. The van der Waals surface area contributed by atoms with Gasteiger partial charge in [0.15, 0.2) is 5.13 Å². The topological polar surface area (TPSA) is 89.5 Å². The maximum Gasteiger partial charge on any atom is 0.263 e. The number of methoxy groups -OCH3 is 2. The molecule has 10 heteroatoms. The van der Waals surface area contributed by atoms with Crippen LogP contribution in [0.5, 0.6) is 11.5 Å². The number of thiazole rings is 1. The normalized spacial score (nSPS) is 11.4. The second kappa shape index (κ2) is 12.8. The fraction of sp³-hybridized carbons (Fsp3) is 0.100. The van der Waals surface area contributed by atoms with Gasteiger partial charge in [-0.25, -0.2) is 4.98 Å². The van der Waals surface area contributed by atoms with Crippen LogP contribution in [0.15, 0.2) is 101 Å². The first-order valence-electron chi connectivity index (χ1n) is 12.2. The number of nitrogens with one attached hydrogen (secondary N) is 2. The van der Waals surface area contributed by atoms with Crippen LogP contribution in [0.3, 0.4) is 0 Å². The molecule has 0 spiro atoms. The second-order valence-electron chi connectivity index (χ2n) is 8.43. The minimum absolute atomic E-state index is 0.163. The number of amides is 2. The Balaban J connectivity index is 1.31. The molecule has 1 atom stereocenters. The molecule has 0 saturated heterocycles. The molecule has 0 radical (unpaired) electrons. The average molecular weight is 588 g/mol. The van der Waals surface area contributed by atoms with Gasteiger partial charge in [0.25, 0.3) is 5.91 Å². The van der Waals surface area contributed by atoms with E-state index in [0.29, 0.717) is 27.9 Å². The zero-order valence-corrected chi connectivity index (χ0v) is 24.1. The summed E-state index contributed by atoms with van der Waals surface area (Å²) in [6.45, 7) is 0. The lowest BCUT2D eigenvalue weighted by Gasteiger charge is -2.17. The van der Waals surface area contributed by atoms with Crippen molar-refractivity contribution in [3.63, 3.8) is 0 Å². The molecule has 0 aliphatic heterocycles. The second-order valence-corrected chi connectivity index (χ2v) is 11.4. The van der Waals surface area contributed by atoms with Crippen molar-refractivity contribution in [1.29, 1.82) is 0 Å². The number of thiophene rings is 1. The lowest BCUT2D eigenvalue weighted by atomic mass is 10.1. The van der Waals surface area contributed by atoms with Gasteiger partial charge >= 0.3 is 0 Å². The molecule has 7 nitrogen and oxygen atoms in total. The van der Waals surface area contributed by atoms with E-state index >= 15 is 0 Å². The quantitative estimate of drug-likeness (QED) is 0.164. The first-order valence-corrected chi connectivity index (χ1v) is 14.8. The van der Waals surface area contributed by atoms with Crippen LogP contribution in [-0.4, -0.2) is 31.0 Å². The first-order chi connectivity index (χ1) is 19.6. The molecule has 40 heavy (non-hydrogen) atoms. The molecule has 2 aromatic heterocycles. The van der Waals surface area contributed by atoms with Gasteiger partial charge in [0.2, 0.25) is 5.91 Å². The van der Waals surface area contributed by atoms with E-state index in [2.05, 4.69) is 15.6 Å². The summed E-state index contributed by atoms with van der Waals surface area (Å²) in [5.41, 5.74) is 2.64. The van der Waals surface area contributed by atoms with Crippen LogP contribution in [-0.2, 0) is 4.79 Å². The summed E-state index contributed by atoms with van der Waals surface area (Å²) in [6, 6.07) is 26.1. The number of nitrogens with zero attached hydrogens (tertiary/aromatic N) is 1. The Morgan fingerprint density at radius 2 is 1.55 bits per heavy atom. The largest absolute Gasteiger partial charge is 0.496 e. The predicted octanol–water partition coefficient (Wildman–Crippen LogP) is 7.61. The van der Waals surface area contributed by atoms with Crippen molar-refractivity contribution in [3.05, 3.63) is 107 Å². The van der Waals surface area contributed by atoms with Crippen LogP contribution in [0.4, 0.5) is 10.8 Å². The third-order valence-electron chi connectivity index (χ3n) is 5.87. The summed E-state index contributed by atoms with van der Waals surface area (Å²) in [6.07, 6.45) is 0. The highest BCUT2D eigenvalue weighted by molar-refractivity contribution is 8.00. The maximum absolute atomic E-state index is 13.5. The Labute approximate surface area is 244 Å². The molecule has 2 N–H and O–H groups in total. The van der Waals surface area contributed by atoms with Crippen molar-refractivity contribution in [2.45, 2.75) is 10.1 Å². The number of rotatable bonds is 10. The summed E-state index contributed by atoms with van der Waals surface area (Å²) in [4.78, 5) is 33.0. The molecule has 2 amide bonds. The average Bonchev–Trinajstić information content (AvgIpc) is 3.69. The third-order valence-corrected chi connectivity index (χ3v) is 8.79. The molecule has 0 bridgehead atoms. The number of hydrogen-bond donors (Lipinski definition) is 2. The maximum atomic E-state index is 13.5. The standard InChI is InChI=1S/C30H25N3O4S3/c1-36-23-10-6-11-24(37-2)26(23)28(34)31-20-13-15-21(16-14-20)40-27(19-8-4-3-5-9-19)29(35)33-30-32-22(18-39-30)25-12-7-17-38-25/h3-18,27H,1-2H3,(H,31,34)(H,32,33,35). The molecule has 5 aromatic rings. The van der Waals surface area contributed by atoms with Crippen LogP contribution < -0.4 is 20.1 Å². The SMILES string of the molecule is COc1cccc(OC)c1C(=O)Nc1ccc(SC(C(=O)Nc2nc(-c3cccs3)cs2)c2ccccc2)cc1. The van der Waals surface area contributed by atoms with Crippen molar-refractivity contribution >= 4 is 57.1 Å². The number of carbonyl (C=O) groups is 2. The lowest BCUT2D eigenvalue weighted by Crippen LogP contribution is -2.19. The Morgan fingerprint density at radius 1 is 0.825 bits per heavy atom. The predicted molar refractivity (Wildman–Crippen MR) is 163 cm³/mol. The summed E-state index contributed by atoms with van der Waals surface area (Å²) in [5.74, 6) is 0.331. The van der Waals surface area contributed by atoms with Gasteiger partial charge in [-0.15, -0.1) is 34.4 Å². The van der Waals surface area contributed by atoms with Crippen LogP contribution in [0.2, 0.25) is 0 Å². The molecule has 0 saturated carbocycles. The van der Waals surface area contributed by atoms with Crippen molar-refractivity contribution in [2.75, 3.05) is 24.9 Å². The Kier molecular flexibility index (Phi) is 8.80. The van der Waals surface area contributed by atoms with Crippen LogP contribution in [0.25, 0.3) is 10.6 Å². The van der Waals surface area contributed by atoms with E-state index in [9.17, 15) is 9.59 Å².